The summed E-state index contributed by atoms with van der Waals surface area (Å²) < 4.78 is 44.7. The van der Waals surface area contributed by atoms with Gasteiger partial charge in [0, 0.05) is 12.6 Å². The van der Waals surface area contributed by atoms with Crippen LogP contribution >= 0.6 is 0 Å². The van der Waals surface area contributed by atoms with Crippen molar-refractivity contribution in [2.45, 2.75) is 24.8 Å². The third-order valence-corrected chi connectivity index (χ3v) is 6.00. The molecule has 0 radical (unpaired) electrons. The molecule has 1 aliphatic heterocycles. The van der Waals surface area contributed by atoms with Gasteiger partial charge in [0.25, 0.3) is 5.91 Å². The van der Waals surface area contributed by atoms with Crippen LogP contribution in [0.5, 0.6) is 17.2 Å². The fourth-order valence-corrected chi connectivity index (χ4v) is 4.24. The molecule has 0 fully saturated rings. The molecule has 1 aliphatic rings. The predicted octanol–water partition coefficient (Wildman–Crippen LogP) is 2.26. The van der Waals surface area contributed by atoms with Crippen LogP contribution in [-0.2, 0) is 10.0 Å². The molecule has 0 bridgehead atoms. The van der Waals surface area contributed by atoms with Crippen LogP contribution in [0.3, 0.4) is 0 Å². The summed E-state index contributed by atoms with van der Waals surface area (Å²) in [6.45, 7) is 4.86. The lowest BCUT2D eigenvalue weighted by molar-refractivity contribution is 0.0952. The molecule has 0 aromatic heterocycles. The number of hydrogen-bond donors (Lipinski definition) is 2. The van der Waals surface area contributed by atoms with E-state index in [-0.39, 0.29) is 10.5 Å². The first-order chi connectivity index (χ1) is 13.9. The first kappa shape index (κ1) is 20.9. The molecule has 1 amide bonds. The second-order valence-corrected chi connectivity index (χ2v) is 8.18. The minimum Gasteiger partial charge on any atom is -0.496 e. The molecule has 0 spiro atoms. The zero-order valence-electron chi connectivity index (χ0n) is 16.5. The van der Waals surface area contributed by atoms with Crippen LogP contribution < -0.4 is 24.2 Å². The maximum Gasteiger partial charge on any atom is 0.255 e. The Morgan fingerprint density at radius 3 is 2.55 bits per heavy atom. The van der Waals surface area contributed by atoms with E-state index in [9.17, 15) is 13.2 Å². The molecule has 9 heteroatoms. The summed E-state index contributed by atoms with van der Waals surface area (Å²) in [5, 5.41) is 2.65. The molecule has 156 valence electrons. The summed E-state index contributed by atoms with van der Waals surface area (Å²) in [6.07, 6.45) is 0. The number of benzene rings is 2. The van der Waals surface area contributed by atoms with E-state index in [1.54, 1.807) is 32.0 Å². The molecule has 2 N–H and O–H groups in total. The van der Waals surface area contributed by atoms with Gasteiger partial charge in [-0.25, -0.2) is 13.1 Å². The van der Waals surface area contributed by atoms with Crippen molar-refractivity contribution in [3.05, 3.63) is 47.5 Å². The highest BCUT2D eigenvalue weighted by atomic mass is 32.2. The molecular formula is C20H24N2O6S. The van der Waals surface area contributed by atoms with E-state index >= 15 is 0 Å². The van der Waals surface area contributed by atoms with Crippen molar-refractivity contribution in [3.8, 4) is 17.2 Å². The van der Waals surface area contributed by atoms with Gasteiger partial charge in [0.1, 0.15) is 19.0 Å². The molecule has 8 nitrogen and oxygen atoms in total. The summed E-state index contributed by atoms with van der Waals surface area (Å²) >= 11 is 0. The first-order valence-corrected chi connectivity index (χ1v) is 10.7. The summed E-state index contributed by atoms with van der Waals surface area (Å²) in [4.78, 5) is 12.2. The van der Waals surface area contributed by atoms with Crippen LogP contribution in [0, 0.1) is 0 Å². The molecule has 0 aliphatic carbocycles. The fourth-order valence-electron chi connectivity index (χ4n) is 2.99. The quantitative estimate of drug-likeness (QED) is 0.712. The Hall–Kier alpha value is -2.78. The van der Waals surface area contributed by atoms with Gasteiger partial charge in [0.05, 0.1) is 17.6 Å². The minimum absolute atomic E-state index is 0.0241. The number of amides is 1. The SMILES string of the molecule is CCNC(=O)c1cc(S(=O)(=O)NC(C)c2ccc3c(c2)OCCO3)ccc1OC. The molecule has 1 heterocycles. The molecule has 1 unspecified atom stereocenters. The van der Waals surface area contributed by atoms with Crippen LogP contribution in [0.1, 0.15) is 35.8 Å². The standard InChI is InChI=1S/C20H24N2O6S/c1-4-21-20(23)16-12-15(6-8-17(16)26-3)29(24,25)22-13(2)14-5-7-18-19(11-14)28-10-9-27-18/h5-8,11-13,22H,4,9-10H2,1-3H3,(H,21,23). The number of fused-ring (bicyclic) bond motifs is 1. The lowest BCUT2D eigenvalue weighted by Gasteiger charge is -2.21. The van der Waals surface area contributed by atoms with Crippen molar-refractivity contribution >= 4 is 15.9 Å². The molecular weight excluding hydrogens is 396 g/mol. The lowest BCUT2D eigenvalue weighted by Crippen LogP contribution is -2.28. The van der Waals surface area contributed by atoms with E-state index in [1.165, 1.54) is 25.3 Å². The number of rotatable bonds is 7. The first-order valence-electron chi connectivity index (χ1n) is 9.24. The zero-order valence-corrected chi connectivity index (χ0v) is 17.3. The van der Waals surface area contributed by atoms with Crippen molar-refractivity contribution in [2.75, 3.05) is 26.9 Å². The number of methoxy groups -OCH3 is 1. The summed E-state index contributed by atoms with van der Waals surface area (Å²) in [5.74, 6) is 1.12. The molecule has 29 heavy (non-hydrogen) atoms. The second kappa shape index (κ2) is 8.71. The Balaban J connectivity index is 1.85. The van der Waals surface area contributed by atoms with Crippen molar-refractivity contribution in [2.24, 2.45) is 0 Å². The monoisotopic (exact) mass is 420 g/mol. The Morgan fingerprint density at radius 1 is 1.14 bits per heavy atom. The second-order valence-electron chi connectivity index (χ2n) is 6.47. The zero-order chi connectivity index (χ0) is 21.0. The van der Waals surface area contributed by atoms with Gasteiger partial charge in [-0.15, -0.1) is 0 Å². The minimum atomic E-state index is -3.88. The Labute approximate surface area is 170 Å². The largest absolute Gasteiger partial charge is 0.496 e. The third-order valence-electron chi connectivity index (χ3n) is 4.46. The summed E-state index contributed by atoms with van der Waals surface area (Å²) in [6, 6.07) is 8.96. The van der Waals surface area contributed by atoms with E-state index in [4.69, 9.17) is 14.2 Å². The van der Waals surface area contributed by atoms with Crippen LogP contribution in [0.4, 0.5) is 0 Å². The lowest BCUT2D eigenvalue weighted by atomic mass is 10.1. The summed E-state index contributed by atoms with van der Waals surface area (Å²) in [7, 11) is -2.46. The van der Waals surface area contributed by atoms with Crippen LogP contribution in [0.15, 0.2) is 41.3 Å². The molecule has 2 aromatic rings. The predicted molar refractivity (Wildman–Crippen MR) is 107 cm³/mol. The van der Waals surface area contributed by atoms with E-state index in [2.05, 4.69) is 10.0 Å². The van der Waals surface area contributed by atoms with Gasteiger partial charge in [-0.3, -0.25) is 4.79 Å². The number of hydrogen-bond acceptors (Lipinski definition) is 6. The Bertz CT molecular complexity index is 1010. The van der Waals surface area contributed by atoms with E-state index < -0.39 is 22.0 Å². The Kier molecular flexibility index (Phi) is 6.29. The summed E-state index contributed by atoms with van der Waals surface area (Å²) in [5.41, 5.74) is 0.888. The third kappa shape index (κ3) is 4.63. The molecule has 0 saturated carbocycles. The van der Waals surface area contributed by atoms with Gasteiger partial charge >= 0.3 is 0 Å². The smallest absolute Gasteiger partial charge is 0.255 e. The van der Waals surface area contributed by atoms with E-state index in [0.29, 0.717) is 37.0 Å². The van der Waals surface area contributed by atoms with Crippen molar-refractivity contribution in [1.29, 1.82) is 0 Å². The number of carbonyl (C=O) groups is 1. The van der Waals surface area contributed by atoms with Crippen LogP contribution in [-0.4, -0.2) is 41.2 Å². The highest BCUT2D eigenvalue weighted by molar-refractivity contribution is 7.89. The number of ether oxygens (including phenoxy) is 3. The van der Waals surface area contributed by atoms with Gasteiger partial charge < -0.3 is 19.5 Å². The Morgan fingerprint density at radius 2 is 1.86 bits per heavy atom. The van der Waals surface area contributed by atoms with Crippen LogP contribution in [0.2, 0.25) is 0 Å². The maximum absolute atomic E-state index is 12.9. The van der Waals surface area contributed by atoms with Gasteiger partial charge in [-0.2, -0.15) is 0 Å². The van der Waals surface area contributed by atoms with Gasteiger partial charge in [-0.05, 0) is 49.7 Å². The fraction of sp³-hybridized carbons (Fsp3) is 0.350. The van der Waals surface area contributed by atoms with Gasteiger partial charge in [0.2, 0.25) is 10.0 Å². The van der Waals surface area contributed by atoms with Gasteiger partial charge in [0.15, 0.2) is 11.5 Å². The number of carbonyl (C=O) groups excluding carboxylic acids is 1. The topological polar surface area (TPSA) is 103 Å². The van der Waals surface area contributed by atoms with E-state index in [1.807, 2.05) is 0 Å². The van der Waals surface area contributed by atoms with Crippen molar-refractivity contribution < 1.29 is 27.4 Å². The average Bonchev–Trinajstić information content (AvgIpc) is 2.72. The van der Waals surface area contributed by atoms with Gasteiger partial charge in [-0.1, -0.05) is 6.07 Å². The highest BCUT2D eigenvalue weighted by Crippen LogP contribution is 2.33. The van der Waals surface area contributed by atoms with Crippen molar-refractivity contribution in [3.63, 3.8) is 0 Å². The number of sulfonamides is 1. The van der Waals surface area contributed by atoms with Crippen molar-refractivity contribution in [1.82, 2.24) is 10.0 Å². The molecule has 1 atom stereocenters. The maximum atomic E-state index is 12.9. The molecule has 0 saturated heterocycles. The highest BCUT2D eigenvalue weighted by Gasteiger charge is 2.23. The molecule has 2 aromatic carbocycles. The molecule has 3 rings (SSSR count). The van der Waals surface area contributed by atoms with Crippen LogP contribution in [0.25, 0.3) is 0 Å². The average molecular weight is 420 g/mol. The van der Waals surface area contributed by atoms with E-state index in [0.717, 1.165) is 5.56 Å². The number of nitrogens with one attached hydrogen (secondary N) is 2. The normalized spacial score (nSPS) is 14.2.